The second kappa shape index (κ2) is 11.5. The normalized spacial score (nSPS) is 11.3. The molecule has 0 atom stereocenters. The molecule has 10 heteroatoms. The quantitative estimate of drug-likeness (QED) is 0.491. The molecule has 4 amide bonds. The van der Waals surface area contributed by atoms with Gasteiger partial charge in [0, 0.05) is 34.2 Å². The zero-order valence-electron chi connectivity index (χ0n) is 20.8. The van der Waals surface area contributed by atoms with E-state index in [0.29, 0.717) is 0 Å². The van der Waals surface area contributed by atoms with E-state index in [0.717, 1.165) is 10.6 Å². The first-order chi connectivity index (χ1) is 15.1. The van der Waals surface area contributed by atoms with Crippen molar-refractivity contribution in [3.8, 4) is 0 Å². The maximum Gasteiger partial charge on any atom is 0.426 e. The standard InChI is InChI=1S/C23H36N4O6/c1-22(2,3)33-20(30)24-27(8)19(29)23(4,5)18(28)25(6)14-15-26(7)21(31)32-16-17-12-10-9-11-13-17/h9-13H,14-16H2,1-8H3,(H,24,30). The zero-order valence-corrected chi connectivity index (χ0v) is 20.8. The lowest BCUT2D eigenvalue weighted by Gasteiger charge is -2.32. The summed E-state index contributed by atoms with van der Waals surface area (Å²) >= 11 is 0. The molecule has 0 fully saturated rings. The summed E-state index contributed by atoms with van der Waals surface area (Å²) in [4.78, 5) is 52.5. The summed E-state index contributed by atoms with van der Waals surface area (Å²) in [6, 6.07) is 9.30. The fourth-order valence-corrected chi connectivity index (χ4v) is 2.80. The van der Waals surface area contributed by atoms with Crippen molar-refractivity contribution in [2.24, 2.45) is 5.41 Å². The Balaban J connectivity index is 2.58. The van der Waals surface area contributed by atoms with E-state index in [9.17, 15) is 19.2 Å². The molecule has 33 heavy (non-hydrogen) atoms. The maximum atomic E-state index is 12.9. The van der Waals surface area contributed by atoms with Gasteiger partial charge in [0.05, 0.1) is 0 Å². The van der Waals surface area contributed by atoms with Crippen molar-refractivity contribution in [3.63, 3.8) is 0 Å². The Kier molecular flexibility index (Phi) is 9.69. The molecule has 1 aromatic rings. The second-order valence-electron chi connectivity index (χ2n) is 9.29. The molecule has 0 unspecified atom stereocenters. The van der Waals surface area contributed by atoms with E-state index in [2.05, 4.69) is 5.43 Å². The number of amides is 4. The van der Waals surface area contributed by atoms with Crippen molar-refractivity contribution in [1.29, 1.82) is 0 Å². The van der Waals surface area contributed by atoms with Crippen molar-refractivity contribution in [1.82, 2.24) is 20.2 Å². The van der Waals surface area contributed by atoms with Crippen LogP contribution in [0.25, 0.3) is 0 Å². The fraction of sp³-hybridized carbons (Fsp3) is 0.565. The third-order valence-corrected chi connectivity index (χ3v) is 4.67. The predicted octanol–water partition coefficient (Wildman–Crippen LogP) is 2.64. The van der Waals surface area contributed by atoms with Crippen LogP contribution in [0.15, 0.2) is 30.3 Å². The number of hydrazine groups is 1. The number of benzene rings is 1. The molecule has 10 nitrogen and oxygen atoms in total. The Labute approximate surface area is 195 Å². The molecule has 0 aliphatic rings. The van der Waals surface area contributed by atoms with Crippen LogP contribution < -0.4 is 5.43 Å². The van der Waals surface area contributed by atoms with Gasteiger partial charge in [-0.1, -0.05) is 30.3 Å². The number of nitrogens with one attached hydrogen (secondary N) is 1. The zero-order chi connectivity index (χ0) is 25.4. The first-order valence-electron chi connectivity index (χ1n) is 10.6. The van der Waals surface area contributed by atoms with Gasteiger partial charge >= 0.3 is 12.2 Å². The number of hydrogen-bond donors (Lipinski definition) is 1. The smallest absolute Gasteiger partial charge is 0.426 e. The average molecular weight is 465 g/mol. The molecule has 1 rings (SSSR count). The highest BCUT2D eigenvalue weighted by molar-refractivity contribution is 6.04. The highest BCUT2D eigenvalue weighted by Gasteiger charge is 2.41. The van der Waals surface area contributed by atoms with Crippen LogP contribution in [0.5, 0.6) is 0 Å². The minimum atomic E-state index is -1.45. The summed E-state index contributed by atoms with van der Waals surface area (Å²) in [5.41, 5.74) is 1.00. The number of hydrogen-bond acceptors (Lipinski definition) is 6. The first kappa shape index (κ1) is 27.7. The van der Waals surface area contributed by atoms with E-state index in [1.807, 2.05) is 30.3 Å². The van der Waals surface area contributed by atoms with Crippen molar-refractivity contribution < 1.29 is 28.7 Å². The molecule has 0 aliphatic carbocycles. The lowest BCUT2D eigenvalue weighted by molar-refractivity contribution is -0.154. The third kappa shape index (κ3) is 8.99. The Bertz CT molecular complexity index is 835. The molecule has 0 radical (unpaired) electrons. The van der Waals surface area contributed by atoms with E-state index < -0.39 is 35.0 Å². The fourth-order valence-electron chi connectivity index (χ4n) is 2.80. The summed E-state index contributed by atoms with van der Waals surface area (Å²) in [6.07, 6.45) is -1.32. The molecule has 0 saturated carbocycles. The Morgan fingerprint density at radius 1 is 0.848 bits per heavy atom. The third-order valence-electron chi connectivity index (χ3n) is 4.67. The van der Waals surface area contributed by atoms with Gasteiger partial charge in [0.25, 0.3) is 5.91 Å². The Hall–Kier alpha value is -3.30. The van der Waals surface area contributed by atoms with Crippen LogP contribution in [-0.2, 0) is 25.7 Å². The van der Waals surface area contributed by atoms with E-state index in [-0.39, 0.29) is 19.7 Å². The number of likely N-dealkylation sites (N-methyl/N-ethyl adjacent to an activating group) is 2. The minimum Gasteiger partial charge on any atom is -0.445 e. The van der Waals surface area contributed by atoms with Crippen molar-refractivity contribution >= 4 is 24.0 Å². The van der Waals surface area contributed by atoms with Gasteiger partial charge in [-0.25, -0.2) is 15.0 Å². The van der Waals surface area contributed by atoms with Crippen LogP contribution in [-0.4, -0.2) is 78.6 Å². The lowest BCUT2D eigenvalue weighted by atomic mass is 9.90. The van der Waals surface area contributed by atoms with Gasteiger partial charge in [0.2, 0.25) is 5.91 Å². The summed E-state index contributed by atoms with van der Waals surface area (Å²) in [5.74, 6) is -1.07. The van der Waals surface area contributed by atoms with Crippen molar-refractivity contribution in [3.05, 3.63) is 35.9 Å². The lowest BCUT2D eigenvalue weighted by Crippen LogP contribution is -2.55. The molecular weight excluding hydrogens is 428 g/mol. The largest absolute Gasteiger partial charge is 0.445 e. The number of ether oxygens (including phenoxy) is 2. The van der Waals surface area contributed by atoms with Gasteiger partial charge in [0.1, 0.15) is 17.6 Å². The monoisotopic (exact) mass is 464 g/mol. The summed E-state index contributed by atoms with van der Waals surface area (Å²) in [7, 11) is 4.46. The van der Waals surface area contributed by atoms with E-state index >= 15 is 0 Å². The van der Waals surface area contributed by atoms with E-state index in [4.69, 9.17) is 9.47 Å². The van der Waals surface area contributed by atoms with E-state index in [1.165, 1.54) is 30.7 Å². The molecular formula is C23H36N4O6. The summed E-state index contributed by atoms with van der Waals surface area (Å²) in [6.45, 7) is 8.60. The Morgan fingerprint density at radius 2 is 1.39 bits per heavy atom. The highest BCUT2D eigenvalue weighted by atomic mass is 16.6. The molecule has 0 saturated heterocycles. The maximum absolute atomic E-state index is 12.9. The molecule has 0 spiro atoms. The molecule has 0 heterocycles. The van der Waals surface area contributed by atoms with Crippen molar-refractivity contribution in [2.75, 3.05) is 34.2 Å². The van der Waals surface area contributed by atoms with Gasteiger partial charge in [-0.2, -0.15) is 0 Å². The number of nitrogens with zero attached hydrogens (tertiary/aromatic N) is 3. The predicted molar refractivity (Wildman–Crippen MR) is 123 cm³/mol. The van der Waals surface area contributed by atoms with Gasteiger partial charge < -0.3 is 19.3 Å². The average Bonchev–Trinajstić information content (AvgIpc) is 2.73. The van der Waals surface area contributed by atoms with Crippen LogP contribution in [0.1, 0.15) is 40.2 Å². The van der Waals surface area contributed by atoms with Gasteiger partial charge in [-0.3, -0.25) is 14.6 Å². The molecule has 0 aromatic heterocycles. The van der Waals surface area contributed by atoms with Gasteiger partial charge in [-0.05, 0) is 40.2 Å². The second-order valence-corrected chi connectivity index (χ2v) is 9.29. The van der Waals surface area contributed by atoms with Crippen LogP contribution in [0, 0.1) is 5.41 Å². The summed E-state index contributed by atoms with van der Waals surface area (Å²) < 4.78 is 10.4. The minimum absolute atomic E-state index is 0.150. The van der Waals surface area contributed by atoms with Crippen LogP contribution >= 0.6 is 0 Å². The first-order valence-corrected chi connectivity index (χ1v) is 10.6. The van der Waals surface area contributed by atoms with Gasteiger partial charge in [-0.15, -0.1) is 0 Å². The van der Waals surface area contributed by atoms with Crippen LogP contribution in [0.2, 0.25) is 0 Å². The molecule has 1 N–H and O–H groups in total. The number of carbonyl (C=O) groups excluding carboxylic acids is 4. The highest BCUT2D eigenvalue weighted by Crippen LogP contribution is 2.21. The molecule has 184 valence electrons. The van der Waals surface area contributed by atoms with Crippen LogP contribution in [0.3, 0.4) is 0 Å². The molecule has 1 aromatic carbocycles. The van der Waals surface area contributed by atoms with Crippen LogP contribution in [0.4, 0.5) is 9.59 Å². The molecule has 0 aliphatic heterocycles. The van der Waals surface area contributed by atoms with Gasteiger partial charge in [0.15, 0.2) is 0 Å². The number of carbonyl (C=O) groups is 4. The van der Waals surface area contributed by atoms with E-state index in [1.54, 1.807) is 34.9 Å². The Morgan fingerprint density at radius 3 is 1.94 bits per heavy atom. The topological polar surface area (TPSA) is 108 Å². The number of rotatable bonds is 7. The summed E-state index contributed by atoms with van der Waals surface area (Å²) in [5, 5.41) is 0.937. The SMILES string of the molecule is CN(CCN(C)C(=O)C(C)(C)C(=O)N(C)NC(=O)OC(C)(C)C)C(=O)OCc1ccccc1. The van der Waals surface area contributed by atoms with Crippen molar-refractivity contribution in [2.45, 2.75) is 46.8 Å². The molecule has 0 bridgehead atoms.